The smallest absolute Gasteiger partial charge is 0.279 e. The van der Waals surface area contributed by atoms with E-state index in [1.807, 2.05) is 6.92 Å². The summed E-state index contributed by atoms with van der Waals surface area (Å²) in [6.07, 6.45) is 1.56. The van der Waals surface area contributed by atoms with E-state index in [-0.39, 0.29) is 30.9 Å². The molecule has 0 bridgehead atoms. The maximum absolute atomic E-state index is 12.1. The fraction of sp³-hybridized carbons (Fsp3) is 0.294. The minimum atomic E-state index is -0.222. The molecule has 1 heterocycles. The van der Waals surface area contributed by atoms with Gasteiger partial charge in [-0.05, 0) is 37.3 Å². The number of quaternary nitrogens is 1. The number of hydrogen-bond acceptors (Lipinski definition) is 3. The Bertz CT molecular complexity index is 735. The van der Waals surface area contributed by atoms with E-state index in [0.717, 1.165) is 4.90 Å². The summed E-state index contributed by atoms with van der Waals surface area (Å²) in [5, 5.41) is 6.35. The molecule has 1 unspecified atom stereocenters. The van der Waals surface area contributed by atoms with E-state index in [4.69, 9.17) is 27.6 Å². The van der Waals surface area contributed by atoms with Gasteiger partial charge in [0, 0.05) is 5.69 Å². The summed E-state index contributed by atoms with van der Waals surface area (Å²) in [4.78, 5) is 24.9. The van der Waals surface area contributed by atoms with E-state index in [0.29, 0.717) is 21.5 Å². The van der Waals surface area contributed by atoms with Crippen molar-refractivity contribution in [2.75, 3.05) is 25.5 Å². The molecule has 0 fully saturated rings. The molecule has 8 heteroatoms. The summed E-state index contributed by atoms with van der Waals surface area (Å²) >= 11 is 11.8. The number of carbonyl (C=O) groups excluding carboxylic acids is 2. The van der Waals surface area contributed by atoms with Crippen molar-refractivity contribution in [3.05, 3.63) is 52.4 Å². The molecule has 2 aromatic rings. The molecular weight excluding hydrogens is 365 g/mol. The second-order valence-electron chi connectivity index (χ2n) is 5.79. The first-order chi connectivity index (χ1) is 11.8. The first-order valence-electron chi connectivity index (χ1n) is 7.74. The Hall–Kier alpha value is -2.02. The van der Waals surface area contributed by atoms with Crippen LogP contribution in [0.15, 0.2) is 41.0 Å². The van der Waals surface area contributed by atoms with Crippen LogP contribution in [0.5, 0.6) is 0 Å². The third kappa shape index (κ3) is 6.08. The van der Waals surface area contributed by atoms with E-state index in [2.05, 4.69) is 10.6 Å². The van der Waals surface area contributed by atoms with Gasteiger partial charge in [0.1, 0.15) is 5.76 Å². The highest BCUT2D eigenvalue weighted by Gasteiger charge is 2.17. The molecule has 0 aliphatic carbocycles. The molecule has 1 aromatic carbocycles. The first kappa shape index (κ1) is 19.3. The van der Waals surface area contributed by atoms with Crippen LogP contribution in [-0.4, -0.2) is 32.0 Å². The molecule has 0 aliphatic rings. The van der Waals surface area contributed by atoms with Gasteiger partial charge < -0.3 is 20.0 Å². The predicted octanol–water partition coefficient (Wildman–Crippen LogP) is 1.92. The molecule has 3 N–H and O–H groups in total. The lowest BCUT2D eigenvalue weighted by Gasteiger charge is -2.16. The van der Waals surface area contributed by atoms with E-state index in [1.54, 1.807) is 43.6 Å². The second-order valence-corrected chi connectivity index (χ2v) is 6.61. The maximum atomic E-state index is 12.1. The maximum Gasteiger partial charge on any atom is 0.279 e. The van der Waals surface area contributed by atoms with Crippen molar-refractivity contribution >= 4 is 40.7 Å². The Morgan fingerprint density at radius 3 is 2.52 bits per heavy atom. The molecule has 0 saturated carbocycles. The lowest BCUT2D eigenvalue weighted by Crippen LogP contribution is -3.11. The molecule has 1 aromatic heterocycles. The van der Waals surface area contributed by atoms with E-state index >= 15 is 0 Å². The van der Waals surface area contributed by atoms with Gasteiger partial charge in [-0.2, -0.15) is 0 Å². The summed E-state index contributed by atoms with van der Waals surface area (Å²) in [5.41, 5.74) is 0.558. The second kappa shape index (κ2) is 8.89. The van der Waals surface area contributed by atoms with Gasteiger partial charge in [-0.3, -0.25) is 9.59 Å². The summed E-state index contributed by atoms with van der Waals surface area (Å²) in [6, 6.07) is 8.20. The standard InChI is InChI=1S/C17H19Cl2N3O3/c1-11(15-4-3-7-25-15)20-16(23)9-22(2)10-17(24)21-12-5-6-13(18)14(19)8-12/h3-8,11H,9-10H2,1-2H3,(H,20,23)(H,21,24)/p+1/t11-/m0/s1. The van der Waals surface area contributed by atoms with Crippen LogP contribution in [0, 0.1) is 0 Å². The third-order valence-electron chi connectivity index (χ3n) is 3.48. The number of benzene rings is 1. The van der Waals surface area contributed by atoms with Gasteiger partial charge in [0.25, 0.3) is 11.8 Å². The van der Waals surface area contributed by atoms with Crippen LogP contribution in [0.4, 0.5) is 5.69 Å². The molecule has 0 aliphatic heterocycles. The SMILES string of the molecule is C[C@H](NC(=O)C[NH+](C)CC(=O)Nc1ccc(Cl)c(Cl)c1)c1ccco1. The van der Waals surface area contributed by atoms with Crippen LogP contribution in [-0.2, 0) is 9.59 Å². The van der Waals surface area contributed by atoms with Crippen LogP contribution in [0.3, 0.4) is 0 Å². The minimum Gasteiger partial charge on any atom is -0.467 e. The van der Waals surface area contributed by atoms with Crippen LogP contribution in [0.2, 0.25) is 10.0 Å². The van der Waals surface area contributed by atoms with Gasteiger partial charge in [-0.1, -0.05) is 23.2 Å². The van der Waals surface area contributed by atoms with Crippen molar-refractivity contribution in [2.45, 2.75) is 13.0 Å². The minimum absolute atomic E-state index is 0.142. The van der Waals surface area contributed by atoms with Crippen molar-refractivity contribution in [2.24, 2.45) is 0 Å². The highest BCUT2D eigenvalue weighted by Crippen LogP contribution is 2.24. The molecule has 0 saturated heterocycles. The number of nitrogens with one attached hydrogen (secondary N) is 3. The van der Waals surface area contributed by atoms with Crippen LogP contribution in [0.1, 0.15) is 18.7 Å². The molecule has 0 spiro atoms. The number of carbonyl (C=O) groups is 2. The monoisotopic (exact) mass is 384 g/mol. The molecule has 0 radical (unpaired) electrons. The summed E-state index contributed by atoms with van der Waals surface area (Å²) < 4.78 is 5.24. The zero-order chi connectivity index (χ0) is 18.4. The average Bonchev–Trinajstić information content (AvgIpc) is 3.04. The Morgan fingerprint density at radius 1 is 1.16 bits per heavy atom. The topological polar surface area (TPSA) is 75.8 Å². The Labute approximate surface area is 156 Å². The number of amides is 2. The van der Waals surface area contributed by atoms with Crippen LogP contribution in [0.25, 0.3) is 0 Å². The molecule has 2 rings (SSSR count). The van der Waals surface area contributed by atoms with Crippen LogP contribution < -0.4 is 15.5 Å². The first-order valence-corrected chi connectivity index (χ1v) is 8.49. The van der Waals surface area contributed by atoms with E-state index < -0.39 is 0 Å². The predicted molar refractivity (Wildman–Crippen MR) is 97.0 cm³/mol. The molecule has 2 atom stereocenters. The number of hydrogen-bond donors (Lipinski definition) is 3. The number of likely N-dealkylation sites (N-methyl/N-ethyl adjacent to an activating group) is 1. The normalized spacial score (nSPS) is 13.1. The summed E-state index contributed by atoms with van der Waals surface area (Å²) in [5.74, 6) is 0.301. The Balaban J connectivity index is 1.78. The van der Waals surface area contributed by atoms with Crippen molar-refractivity contribution in [3.63, 3.8) is 0 Å². The zero-order valence-electron chi connectivity index (χ0n) is 13.9. The van der Waals surface area contributed by atoms with Crippen molar-refractivity contribution in [1.29, 1.82) is 0 Å². The molecule has 25 heavy (non-hydrogen) atoms. The number of furan rings is 1. The number of rotatable bonds is 7. The lowest BCUT2D eigenvalue weighted by atomic mass is 10.2. The fourth-order valence-electron chi connectivity index (χ4n) is 2.29. The summed E-state index contributed by atoms with van der Waals surface area (Å²) in [6.45, 7) is 2.14. The van der Waals surface area contributed by atoms with Gasteiger partial charge in [0.15, 0.2) is 13.1 Å². The van der Waals surface area contributed by atoms with Crippen LogP contribution >= 0.6 is 23.2 Å². The highest BCUT2D eigenvalue weighted by atomic mass is 35.5. The zero-order valence-corrected chi connectivity index (χ0v) is 15.4. The quantitative estimate of drug-likeness (QED) is 0.682. The highest BCUT2D eigenvalue weighted by molar-refractivity contribution is 6.42. The van der Waals surface area contributed by atoms with Crippen molar-refractivity contribution in [1.82, 2.24) is 5.32 Å². The molecule has 2 amide bonds. The third-order valence-corrected chi connectivity index (χ3v) is 4.21. The Morgan fingerprint density at radius 2 is 1.88 bits per heavy atom. The Kier molecular flexibility index (Phi) is 6.87. The van der Waals surface area contributed by atoms with Gasteiger partial charge in [-0.15, -0.1) is 0 Å². The molecular formula is C17H20Cl2N3O3+. The van der Waals surface area contributed by atoms with Gasteiger partial charge in [-0.25, -0.2) is 0 Å². The van der Waals surface area contributed by atoms with E-state index in [1.165, 1.54) is 0 Å². The summed E-state index contributed by atoms with van der Waals surface area (Å²) in [7, 11) is 1.77. The molecule has 134 valence electrons. The number of halogens is 2. The van der Waals surface area contributed by atoms with Crippen molar-refractivity contribution in [3.8, 4) is 0 Å². The van der Waals surface area contributed by atoms with Gasteiger partial charge >= 0.3 is 0 Å². The largest absolute Gasteiger partial charge is 0.467 e. The van der Waals surface area contributed by atoms with Gasteiger partial charge in [0.2, 0.25) is 0 Å². The lowest BCUT2D eigenvalue weighted by molar-refractivity contribution is -0.862. The number of anilines is 1. The van der Waals surface area contributed by atoms with Crippen molar-refractivity contribution < 1.29 is 18.9 Å². The fourth-order valence-corrected chi connectivity index (χ4v) is 2.59. The molecule has 6 nitrogen and oxygen atoms in total. The van der Waals surface area contributed by atoms with Gasteiger partial charge in [0.05, 0.1) is 29.4 Å². The average molecular weight is 385 g/mol. The van der Waals surface area contributed by atoms with E-state index in [9.17, 15) is 9.59 Å².